The molecule has 0 unspecified atom stereocenters. The van der Waals surface area contributed by atoms with E-state index in [9.17, 15) is 9.59 Å². The molecule has 2 amide bonds. The molecule has 0 atom stereocenters. The lowest BCUT2D eigenvalue weighted by molar-refractivity contribution is -0.117. The summed E-state index contributed by atoms with van der Waals surface area (Å²) < 4.78 is 11.5. The number of pyridine rings is 1. The Morgan fingerprint density at radius 3 is 2.58 bits per heavy atom. The highest BCUT2D eigenvalue weighted by Crippen LogP contribution is 2.30. The van der Waals surface area contributed by atoms with Gasteiger partial charge in [-0.05, 0) is 67.8 Å². The molecule has 7 heteroatoms. The fourth-order valence-corrected chi connectivity index (χ4v) is 3.19. The van der Waals surface area contributed by atoms with Crippen LogP contribution in [0, 0.1) is 5.92 Å². The standard InChI is InChI=1S/C26H27N3O4/c1-2-15-32-22-10-12-23(13-11-22)33-26-20(6-4-14-27-26)17-28-24(30)19-5-3-7-21(16-19)29-25(31)18-8-9-18/h3-7,10-14,16,18H,2,8-9,15,17H2,1H3,(H,28,30)(H,29,31). The maximum absolute atomic E-state index is 12.7. The molecule has 1 heterocycles. The van der Waals surface area contributed by atoms with Gasteiger partial charge in [-0.25, -0.2) is 4.98 Å². The van der Waals surface area contributed by atoms with Gasteiger partial charge in [0, 0.05) is 35.5 Å². The Labute approximate surface area is 193 Å². The van der Waals surface area contributed by atoms with Crippen molar-refractivity contribution in [3.8, 4) is 17.4 Å². The quantitative estimate of drug-likeness (QED) is 0.461. The number of hydrogen-bond donors (Lipinski definition) is 2. The van der Waals surface area contributed by atoms with Gasteiger partial charge in [-0.1, -0.05) is 19.1 Å². The predicted molar refractivity (Wildman–Crippen MR) is 126 cm³/mol. The van der Waals surface area contributed by atoms with Crippen LogP contribution in [0.1, 0.15) is 42.1 Å². The van der Waals surface area contributed by atoms with Crippen molar-refractivity contribution in [1.29, 1.82) is 0 Å². The fourth-order valence-electron chi connectivity index (χ4n) is 3.19. The van der Waals surface area contributed by atoms with Gasteiger partial charge in [-0.3, -0.25) is 9.59 Å². The van der Waals surface area contributed by atoms with Gasteiger partial charge < -0.3 is 20.1 Å². The molecule has 0 saturated heterocycles. The van der Waals surface area contributed by atoms with Crippen molar-refractivity contribution in [2.45, 2.75) is 32.7 Å². The van der Waals surface area contributed by atoms with E-state index in [-0.39, 0.29) is 24.3 Å². The largest absolute Gasteiger partial charge is 0.494 e. The zero-order valence-corrected chi connectivity index (χ0v) is 18.5. The predicted octanol–water partition coefficient (Wildman–Crippen LogP) is 4.94. The third-order valence-electron chi connectivity index (χ3n) is 5.14. The minimum Gasteiger partial charge on any atom is -0.494 e. The smallest absolute Gasteiger partial charge is 0.251 e. The Balaban J connectivity index is 1.37. The molecular weight excluding hydrogens is 418 g/mol. The van der Waals surface area contributed by atoms with Gasteiger partial charge in [-0.15, -0.1) is 0 Å². The molecule has 33 heavy (non-hydrogen) atoms. The summed E-state index contributed by atoms with van der Waals surface area (Å²) in [6.45, 7) is 2.97. The number of carbonyl (C=O) groups is 2. The molecule has 0 bridgehead atoms. The van der Waals surface area contributed by atoms with Crippen LogP contribution < -0.4 is 20.1 Å². The monoisotopic (exact) mass is 445 g/mol. The van der Waals surface area contributed by atoms with E-state index in [0.29, 0.717) is 29.5 Å². The van der Waals surface area contributed by atoms with Gasteiger partial charge in [0.05, 0.1) is 6.61 Å². The van der Waals surface area contributed by atoms with Crippen LogP contribution >= 0.6 is 0 Å². The van der Waals surface area contributed by atoms with Gasteiger partial charge in [0.2, 0.25) is 11.8 Å². The van der Waals surface area contributed by atoms with Crippen molar-refractivity contribution in [2.75, 3.05) is 11.9 Å². The lowest BCUT2D eigenvalue weighted by atomic mass is 10.1. The zero-order chi connectivity index (χ0) is 23.0. The number of benzene rings is 2. The molecule has 2 aromatic carbocycles. The number of carbonyl (C=O) groups excluding carboxylic acids is 2. The highest BCUT2D eigenvalue weighted by atomic mass is 16.5. The summed E-state index contributed by atoms with van der Waals surface area (Å²) in [5, 5.41) is 5.76. The molecule has 1 aliphatic carbocycles. The second-order valence-corrected chi connectivity index (χ2v) is 7.92. The van der Waals surface area contributed by atoms with Crippen LogP contribution in [0.4, 0.5) is 5.69 Å². The van der Waals surface area contributed by atoms with Crippen LogP contribution in [0.5, 0.6) is 17.4 Å². The minimum absolute atomic E-state index is 0.00895. The van der Waals surface area contributed by atoms with Gasteiger partial charge in [0.1, 0.15) is 11.5 Å². The molecule has 1 saturated carbocycles. The van der Waals surface area contributed by atoms with Crippen molar-refractivity contribution < 1.29 is 19.1 Å². The molecule has 7 nitrogen and oxygen atoms in total. The second-order valence-electron chi connectivity index (χ2n) is 7.92. The number of hydrogen-bond acceptors (Lipinski definition) is 5. The van der Waals surface area contributed by atoms with Crippen LogP contribution in [-0.2, 0) is 11.3 Å². The van der Waals surface area contributed by atoms with Crippen molar-refractivity contribution >= 4 is 17.5 Å². The van der Waals surface area contributed by atoms with Gasteiger partial charge >= 0.3 is 0 Å². The van der Waals surface area contributed by atoms with E-state index < -0.39 is 0 Å². The number of nitrogens with one attached hydrogen (secondary N) is 2. The lowest BCUT2D eigenvalue weighted by Gasteiger charge is -2.12. The van der Waals surface area contributed by atoms with Crippen LogP contribution in [0.25, 0.3) is 0 Å². The lowest BCUT2D eigenvalue weighted by Crippen LogP contribution is -2.23. The SMILES string of the molecule is CCCOc1ccc(Oc2ncccc2CNC(=O)c2cccc(NC(=O)C3CC3)c2)cc1. The molecule has 1 fully saturated rings. The summed E-state index contributed by atoms with van der Waals surface area (Å²) in [5.41, 5.74) is 1.84. The van der Waals surface area contributed by atoms with Gasteiger partial charge in [0.25, 0.3) is 5.91 Å². The average Bonchev–Trinajstić information content (AvgIpc) is 3.69. The van der Waals surface area contributed by atoms with Crippen molar-refractivity contribution in [2.24, 2.45) is 5.92 Å². The zero-order valence-electron chi connectivity index (χ0n) is 18.5. The maximum Gasteiger partial charge on any atom is 0.251 e. The van der Waals surface area contributed by atoms with Crippen LogP contribution in [0.2, 0.25) is 0 Å². The van der Waals surface area contributed by atoms with E-state index in [2.05, 4.69) is 22.5 Å². The summed E-state index contributed by atoms with van der Waals surface area (Å²) in [4.78, 5) is 29.0. The summed E-state index contributed by atoms with van der Waals surface area (Å²) in [7, 11) is 0. The molecular formula is C26H27N3O4. The molecule has 0 aliphatic heterocycles. The van der Waals surface area contributed by atoms with Crippen LogP contribution in [-0.4, -0.2) is 23.4 Å². The Bertz CT molecular complexity index is 1110. The van der Waals surface area contributed by atoms with Crippen LogP contribution in [0.3, 0.4) is 0 Å². The third-order valence-corrected chi connectivity index (χ3v) is 5.14. The van der Waals surface area contributed by atoms with E-state index in [4.69, 9.17) is 9.47 Å². The van der Waals surface area contributed by atoms with Crippen LogP contribution in [0.15, 0.2) is 66.9 Å². The first-order chi connectivity index (χ1) is 16.1. The molecule has 1 aliphatic rings. The number of aromatic nitrogens is 1. The molecule has 1 aromatic heterocycles. The third kappa shape index (κ3) is 6.32. The van der Waals surface area contributed by atoms with E-state index in [1.54, 1.807) is 36.5 Å². The highest BCUT2D eigenvalue weighted by molar-refractivity contribution is 5.98. The van der Waals surface area contributed by atoms with E-state index >= 15 is 0 Å². The number of amides is 2. The second kappa shape index (κ2) is 10.6. The van der Waals surface area contributed by atoms with Crippen molar-refractivity contribution in [3.63, 3.8) is 0 Å². The topological polar surface area (TPSA) is 89.6 Å². The number of rotatable bonds is 10. The van der Waals surface area contributed by atoms with Gasteiger partial charge in [0.15, 0.2) is 0 Å². The molecule has 4 rings (SSSR count). The average molecular weight is 446 g/mol. The Hall–Kier alpha value is -3.87. The molecule has 2 N–H and O–H groups in total. The number of ether oxygens (including phenoxy) is 2. The Morgan fingerprint density at radius 2 is 1.82 bits per heavy atom. The summed E-state index contributed by atoms with van der Waals surface area (Å²) in [5.74, 6) is 1.70. The van der Waals surface area contributed by atoms with E-state index in [1.165, 1.54) is 0 Å². The number of anilines is 1. The van der Waals surface area contributed by atoms with Gasteiger partial charge in [-0.2, -0.15) is 0 Å². The molecule has 0 radical (unpaired) electrons. The molecule has 3 aromatic rings. The highest BCUT2D eigenvalue weighted by Gasteiger charge is 2.29. The summed E-state index contributed by atoms with van der Waals surface area (Å²) in [6, 6.07) is 17.9. The molecule has 0 spiro atoms. The summed E-state index contributed by atoms with van der Waals surface area (Å²) >= 11 is 0. The number of nitrogens with zero attached hydrogens (tertiary/aromatic N) is 1. The first-order valence-electron chi connectivity index (χ1n) is 11.2. The maximum atomic E-state index is 12.7. The van der Waals surface area contributed by atoms with E-state index in [1.807, 2.05) is 30.3 Å². The van der Waals surface area contributed by atoms with Crippen molar-refractivity contribution in [3.05, 3.63) is 78.0 Å². The molecule has 170 valence electrons. The normalized spacial score (nSPS) is 12.6. The Kier molecular flexibility index (Phi) is 7.19. The first kappa shape index (κ1) is 22.3. The fraction of sp³-hybridized carbons (Fsp3) is 0.269. The van der Waals surface area contributed by atoms with E-state index in [0.717, 1.165) is 30.6 Å². The minimum atomic E-state index is -0.246. The summed E-state index contributed by atoms with van der Waals surface area (Å²) in [6.07, 6.45) is 4.45. The van der Waals surface area contributed by atoms with Crippen molar-refractivity contribution in [1.82, 2.24) is 10.3 Å². The first-order valence-corrected chi connectivity index (χ1v) is 11.2. The Morgan fingerprint density at radius 1 is 1.03 bits per heavy atom.